The van der Waals surface area contributed by atoms with Crippen molar-refractivity contribution in [2.75, 3.05) is 14.2 Å². The lowest BCUT2D eigenvalue weighted by Crippen LogP contribution is -2.31. The third-order valence-corrected chi connectivity index (χ3v) is 8.06. The van der Waals surface area contributed by atoms with Gasteiger partial charge in [-0.05, 0) is 116 Å². The summed E-state index contributed by atoms with van der Waals surface area (Å²) in [5, 5.41) is 2.71. The van der Waals surface area contributed by atoms with Crippen molar-refractivity contribution in [1.29, 1.82) is 0 Å². The van der Waals surface area contributed by atoms with Gasteiger partial charge in [-0.2, -0.15) is 0 Å². The monoisotopic (exact) mass is 518 g/mol. The maximum absolute atomic E-state index is 5.65. The Bertz CT molecular complexity index is 1640. The van der Waals surface area contributed by atoms with E-state index in [1.165, 1.54) is 60.5 Å². The summed E-state index contributed by atoms with van der Waals surface area (Å²) in [5.41, 5.74) is 13.3. The Balaban J connectivity index is 1.91. The molecule has 2 aliphatic carbocycles. The first kappa shape index (κ1) is 27.1. The fourth-order valence-corrected chi connectivity index (χ4v) is 6.08. The average Bonchev–Trinajstić information content (AvgIpc) is 3.50. The van der Waals surface area contributed by atoms with Crippen molar-refractivity contribution in [3.8, 4) is 22.6 Å². The van der Waals surface area contributed by atoms with E-state index in [4.69, 9.17) is 9.47 Å². The van der Waals surface area contributed by atoms with Gasteiger partial charge in [-0.1, -0.05) is 77.5 Å². The minimum Gasteiger partial charge on any atom is -0.497 e. The first-order chi connectivity index (χ1) is 18.3. The van der Waals surface area contributed by atoms with Crippen LogP contribution in [0, 0.1) is 0 Å². The Labute approximate surface area is 234 Å². The SMILES string of the molecule is COc1cc(OC)cc(C2=C(c3c(C(C)(C)C)c(=C(C)C)cc4c3=Cc3cc(C(C)(C)C)ccc3-4)CC=C2)c1. The van der Waals surface area contributed by atoms with Crippen LogP contribution >= 0.6 is 0 Å². The third kappa shape index (κ3) is 4.75. The summed E-state index contributed by atoms with van der Waals surface area (Å²) in [4.78, 5) is 0. The van der Waals surface area contributed by atoms with Gasteiger partial charge >= 0.3 is 0 Å². The Morgan fingerprint density at radius 2 is 1.44 bits per heavy atom. The van der Waals surface area contributed by atoms with Crippen LogP contribution in [-0.2, 0) is 10.8 Å². The zero-order valence-corrected chi connectivity index (χ0v) is 25.3. The van der Waals surface area contributed by atoms with Gasteiger partial charge in [-0.15, -0.1) is 0 Å². The van der Waals surface area contributed by atoms with Gasteiger partial charge in [0.15, 0.2) is 0 Å². The summed E-state index contributed by atoms with van der Waals surface area (Å²) in [7, 11) is 3.43. The van der Waals surface area contributed by atoms with Gasteiger partial charge in [-0.3, -0.25) is 0 Å². The second-order valence-corrected chi connectivity index (χ2v) is 13.2. The molecule has 39 heavy (non-hydrogen) atoms. The zero-order chi connectivity index (χ0) is 28.3. The number of ether oxygens (including phenoxy) is 2. The molecule has 0 heterocycles. The second kappa shape index (κ2) is 9.59. The van der Waals surface area contributed by atoms with Crippen LogP contribution in [0.15, 0.2) is 54.6 Å². The van der Waals surface area contributed by atoms with Crippen LogP contribution < -0.4 is 19.9 Å². The van der Waals surface area contributed by atoms with Crippen molar-refractivity contribution in [3.05, 3.63) is 92.9 Å². The van der Waals surface area contributed by atoms with Crippen LogP contribution in [0.5, 0.6) is 11.5 Å². The topological polar surface area (TPSA) is 18.5 Å². The minimum atomic E-state index is -0.0388. The van der Waals surface area contributed by atoms with Crippen molar-refractivity contribution >= 4 is 22.8 Å². The molecule has 0 bridgehead atoms. The molecule has 0 amide bonds. The van der Waals surface area contributed by atoms with E-state index < -0.39 is 0 Å². The first-order valence-corrected chi connectivity index (χ1v) is 14.0. The summed E-state index contributed by atoms with van der Waals surface area (Å²) in [6.45, 7) is 18.4. The van der Waals surface area contributed by atoms with Crippen LogP contribution in [0.1, 0.15) is 89.6 Å². The highest BCUT2D eigenvalue weighted by Gasteiger charge is 2.29. The first-order valence-electron chi connectivity index (χ1n) is 14.0. The molecule has 0 radical (unpaired) electrons. The highest BCUT2D eigenvalue weighted by molar-refractivity contribution is 6.02. The molecule has 0 fully saturated rings. The average molecular weight is 519 g/mol. The number of hydrogen-bond acceptors (Lipinski definition) is 2. The van der Waals surface area contributed by atoms with Gasteiger partial charge in [0.05, 0.1) is 14.2 Å². The Hall–Kier alpha value is -3.52. The van der Waals surface area contributed by atoms with Gasteiger partial charge in [0, 0.05) is 6.07 Å². The molecule has 0 atom stereocenters. The molecule has 0 saturated carbocycles. The van der Waals surface area contributed by atoms with Crippen LogP contribution in [0.4, 0.5) is 0 Å². The summed E-state index contributed by atoms with van der Waals surface area (Å²) >= 11 is 0. The Morgan fingerprint density at radius 1 is 0.769 bits per heavy atom. The van der Waals surface area contributed by atoms with E-state index in [2.05, 4.69) is 110 Å². The number of methoxy groups -OCH3 is 2. The summed E-state index contributed by atoms with van der Waals surface area (Å²) in [5.74, 6) is 1.61. The summed E-state index contributed by atoms with van der Waals surface area (Å²) in [6.07, 6.45) is 7.91. The number of fused-ring (bicyclic) bond motifs is 3. The maximum Gasteiger partial charge on any atom is 0.123 e. The molecule has 2 aliphatic rings. The number of allylic oxidation sites excluding steroid dienone is 4. The molecule has 0 unspecified atom stereocenters. The van der Waals surface area contributed by atoms with Gasteiger partial charge in [0.1, 0.15) is 11.5 Å². The summed E-state index contributed by atoms with van der Waals surface area (Å²) in [6, 6.07) is 15.7. The van der Waals surface area contributed by atoms with E-state index in [1.54, 1.807) is 14.2 Å². The van der Waals surface area contributed by atoms with Gasteiger partial charge in [-0.25, -0.2) is 0 Å². The molecule has 3 aromatic carbocycles. The summed E-state index contributed by atoms with van der Waals surface area (Å²) < 4.78 is 11.3. The van der Waals surface area contributed by atoms with Crippen molar-refractivity contribution < 1.29 is 9.47 Å². The van der Waals surface area contributed by atoms with Crippen molar-refractivity contribution in [3.63, 3.8) is 0 Å². The van der Waals surface area contributed by atoms with Gasteiger partial charge in [0.25, 0.3) is 0 Å². The van der Waals surface area contributed by atoms with Crippen molar-refractivity contribution in [2.45, 2.75) is 72.6 Å². The van der Waals surface area contributed by atoms with E-state index in [-0.39, 0.29) is 10.8 Å². The Kier molecular flexibility index (Phi) is 6.66. The lowest BCUT2D eigenvalue weighted by atomic mass is 9.76. The second-order valence-electron chi connectivity index (χ2n) is 13.2. The molecule has 2 nitrogen and oxygen atoms in total. The van der Waals surface area contributed by atoms with E-state index in [0.29, 0.717) is 0 Å². The van der Waals surface area contributed by atoms with Crippen LogP contribution in [0.3, 0.4) is 0 Å². The molecule has 0 N–H and O–H groups in total. The zero-order valence-electron chi connectivity index (χ0n) is 25.3. The predicted octanol–water partition coefficient (Wildman–Crippen LogP) is 8.17. The smallest absolute Gasteiger partial charge is 0.123 e. The van der Waals surface area contributed by atoms with Gasteiger partial charge < -0.3 is 9.47 Å². The fourth-order valence-electron chi connectivity index (χ4n) is 6.08. The number of rotatable bonds is 4. The molecule has 0 aliphatic heterocycles. The largest absolute Gasteiger partial charge is 0.497 e. The molecule has 5 rings (SSSR count). The van der Waals surface area contributed by atoms with E-state index in [1.807, 2.05) is 6.07 Å². The molecule has 2 heteroatoms. The van der Waals surface area contributed by atoms with E-state index >= 15 is 0 Å². The predicted molar refractivity (Wildman–Crippen MR) is 167 cm³/mol. The highest BCUT2D eigenvalue weighted by Crippen LogP contribution is 2.42. The van der Waals surface area contributed by atoms with Crippen molar-refractivity contribution in [2.24, 2.45) is 0 Å². The van der Waals surface area contributed by atoms with Gasteiger partial charge in [0.2, 0.25) is 0 Å². The quantitative estimate of drug-likeness (QED) is 0.271. The van der Waals surface area contributed by atoms with Crippen LogP contribution in [0.2, 0.25) is 0 Å². The van der Waals surface area contributed by atoms with Crippen LogP contribution in [0.25, 0.3) is 33.9 Å². The maximum atomic E-state index is 5.65. The molecule has 3 aromatic rings. The Morgan fingerprint density at radius 3 is 2.00 bits per heavy atom. The lowest BCUT2D eigenvalue weighted by molar-refractivity contribution is 0.394. The lowest BCUT2D eigenvalue weighted by Gasteiger charge is -2.27. The molecule has 0 saturated heterocycles. The van der Waals surface area contributed by atoms with Crippen LogP contribution in [-0.4, -0.2) is 14.2 Å². The standard InChI is InChI=1S/C37H42O2/c1-22(2)31-21-32-29-15-14-25(36(3,4)5)16-23(29)19-33(32)34(35(31)37(6,7)8)30-13-11-12-28(30)24-17-26(38-9)20-27(18-24)39-10/h11-12,14-21H,13H2,1-10H3. The highest BCUT2D eigenvalue weighted by atomic mass is 16.5. The molecular formula is C37H42O2. The molecule has 202 valence electrons. The molecule has 0 spiro atoms. The van der Waals surface area contributed by atoms with Crippen molar-refractivity contribution in [1.82, 2.24) is 0 Å². The normalized spacial score (nSPS) is 14.3. The number of benzene rings is 3. The molecule has 0 aromatic heterocycles. The fraction of sp³-hybridized carbons (Fsp3) is 0.351. The van der Waals surface area contributed by atoms with E-state index in [9.17, 15) is 0 Å². The third-order valence-electron chi connectivity index (χ3n) is 8.06. The number of hydrogen-bond donors (Lipinski definition) is 0. The molecular weight excluding hydrogens is 476 g/mol. The van der Waals surface area contributed by atoms with E-state index in [0.717, 1.165) is 23.5 Å². The minimum absolute atomic E-state index is 0.0388.